The molecular weight excluding hydrogens is 388 g/mol. The Kier molecular flexibility index (Phi) is 4.45. The van der Waals surface area contributed by atoms with Crippen LogP contribution in [-0.2, 0) is 22.4 Å². The molecule has 1 aromatic carbocycles. The molecular formula is C18H15ClN4O3S. The third-order valence-corrected chi connectivity index (χ3v) is 5.59. The van der Waals surface area contributed by atoms with Crippen LogP contribution in [0.15, 0.2) is 24.3 Å². The molecule has 1 amide bonds. The minimum atomic E-state index is -0.493. The minimum Gasteiger partial charge on any atom is -0.464 e. The summed E-state index contributed by atoms with van der Waals surface area (Å²) in [4.78, 5) is 29.1. The van der Waals surface area contributed by atoms with Gasteiger partial charge in [-0.3, -0.25) is 4.79 Å². The van der Waals surface area contributed by atoms with Gasteiger partial charge in [-0.1, -0.05) is 35.1 Å². The van der Waals surface area contributed by atoms with Crippen molar-refractivity contribution in [1.29, 1.82) is 0 Å². The number of hydrogen-bond acceptors (Lipinski definition) is 6. The molecule has 1 N–H and O–H groups in total. The summed E-state index contributed by atoms with van der Waals surface area (Å²) < 4.78 is 6.57. The highest BCUT2D eigenvalue weighted by atomic mass is 35.5. The van der Waals surface area contributed by atoms with E-state index < -0.39 is 5.97 Å². The standard InChI is InChI=1S/C18H15ClN4O3S/c1-9(24)20-18-21-12-8-7-10-14(17(25)26-2)22-23(15(10)16(12)27-18)13-6-4-3-5-11(13)19/h3-6H,7-8H2,1-2H3,(H,20,21,24). The molecule has 2 heterocycles. The zero-order valence-corrected chi connectivity index (χ0v) is 16.1. The number of anilines is 1. The normalized spacial score (nSPS) is 12.3. The molecule has 0 radical (unpaired) electrons. The lowest BCUT2D eigenvalue weighted by atomic mass is 9.97. The largest absolute Gasteiger partial charge is 0.464 e. The van der Waals surface area contributed by atoms with E-state index in [0.29, 0.717) is 28.7 Å². The van der Waals surface area contributed by atoms with Gasteiger partial charge in [0.05, 0.1) is 34.1 Å². The average molecular weight is 403 g/mol. The van der Waals surface area contributed by atoms with Gasteiger partial charge in [0.25, 0.3) is 0 Å². The maximum absolute atomic E-state index is 12.3. The minimum absolute atomic E-state index is 0.184. The molecule has 2 aromatic heterocycles. The lowest BCUT2D eigenvalue weighted by Crippen LogP contribution is -2.09. The Hall–Kier alpha value is -2.71. The van der Waals surface area contributed by atoms with Crippen molar-refractivity contribution >= 4 is 39.9 Å². The SMILES string of the molecule is COC(=O)c1nn(-c2ccccc2Cl)c2c1CCc1nc(NC(C)=O)sc1-2. The van der Waals surface area contributed by atoms with E-state index in [2.05, 4.69) is 15.4 Å². The second-order valence-electron chi connectivity index (χ2n) is 6.01. The van der Waals surface area contributed by atoms with Crippen LogP contribution in [0.4, 0.5) is 5.13 Å². The number of amides is 1. The predicted molar refractivity (Wildman–Crippen MR) is 103 cm³/mol. The summed E-state index contributed by atoms with van der Waals surface area (Å²) in [7, 11) is 1.33. The third kappa shape index (κ3) is 3.00. The fraction of sp³-hybridized carbons (Fsp3) is 0.222. The van der Waals surface area contributed by atoms with E-state index in [-0.39, 0.29) is 11.6 Å². The summed E-state index contributed by atoms with van der Waals surface area (Å²) >= 11 is 7.73. The smallest absolute Gasteiger partial charge is 0.358 e. The molecule has 9 heteroatoms. The second-order valence-corrected chi connectivity index (χ2v) is 7.41. The highest BCUT2D eigenvalue weighted by Crippen LogP contribution is 2.42. The molecule has 0 atom stereocenters. The highest BCUT2D eigenvalue weighted by molar-refractivity contribution is 7.19. The first-order valence-corrected chi connectivity index (χ1v) is 9.41. The van der Waals surface area contributed by atoms with Gasteiger partial charge in [-0.05, 0) is 25.0 Å². The number of nitrogens with zero attached hydrogens (tertiary/aromatic N) is 3. The van der Waals surface area contributed by atoms with Crippen LogP contribution >= 0.6 is 22.9 Å². The number of carbonyl (C=O) groups excluding carboxylic acids is 2. The maximum atomic E-state index is 12.3. The van der Waals surface area contributed by atoms with Gasteiger partial charge >= 0.3 is 5.97 Å². The monoisotopic (exact) mass is 402 g/mol. The van der Waals surface area contributed by atoms with Crippen LogP contribution in [0.2, 0.25) is 5.02 Å². The van der Waals surface area contributed by atoms with Gasteiger partial charge in [-0.25, -0.2) is 14.5 Å². The zero-order valence-electron chi connectivity index (χ0n) is 14.6. The summed E-state index contributed by atoms with van der Waals surface area (Å²) in [5, 5.41) is 8.27. The summed E-state index contributed by atoms with van der Waals surface area (Å²) in [6.45, 7) is 1.44. The number of esters is 1. The summed E-state index contributed by atoms with van der Waals surface area (Å²) in [6.07, 6.45) is 1.25. The van der Waals surface area contributed by atoms with Crippen molar-refractivity contribution in [1.82, 2.24) is 14.8 Å². The Morgan fingerprint density at radius 3 is 2.78 bits per heavy atom. The molecule has 0 spiro atoms. The maximum Gasteiger partial charge on any atom is 0.358 e. The number of para-hydroxylation sites is 1. The molecule has 1 aliphatic carbocycles. The van der Waals surface area contributed by atoms with Gasteiger partial charge in [0.1, 0.15) is 0 Å². The van der Waals surface area contributed by atoms with E-state index in [1.165, 1.54) is 25.4 Å². The molecule has 0 saturated heterocycles. The molecule has 0 fully saturated rings. The number of thiazole rings is 1. The van der Waals surface area contributed by atoms with Crippen molar-refractivity contribution in [3.63, 3.8) is 0 Å². The molecule has 0 aliphatic heterocycles. The van der Waals surface area contributed by atoms with Crippen LogP contribution in [0, 0.1) is 0 Å². The Morgan fingerprint density at radius 2 is 2.07 bits per heavy atom. The number of ether oxygens (including phenoxy) is 1. The number of fused-ring (bicyclic) bond motifs is 3. The first-order chi connectivity index (χ1) is 13.0. The van der Waals surface area contributed by atoms with Crippen LogP contribution in [0.25, 0.3) is 16.3 Å². The predicted octanol–water partition coefficient (Wildman–Crippen LogP) is 3.49. The Morgan fingerprint density at radius 1 is 1.30 bits per heavy atom. The number of carbonyl (C=O) groups is 2. The lowest BCUT2D eigenvalue weighted by Gasteiger charge is -2.14. The van der Waals surface area contributed by atoms with E-state index in [9.17, 15) is 9.59 Å². The number of rotatable bonds is 3. The molecule has 27 heavy (non-hydrogen) atoms. The van der Waals surface area contributed by atoms with Crippen LogP contribution < -0.4 is 5.32 Å². The second kappa shape index (κ2) is 6.79. The number of methoxy groups -OCH3 is 1. The first-order valence-electron chi connectivity index (χ1n) is 8.22. The van der Waals surface area contributed by atoms with Gasteiger partial charge in [-0.15, -0.1) is 0 Å². The molecule has 1 aliphatic rings. The molecule has 0 saturated carbocycles. The van der Waals surface area contributed by atoms with Gasteiger partial charge in [0.15, 0.2) is 10.8 Å². The fourth-order valence-corrected chi connectivity index (χ4v) is 4.46. The van der Waals surface area contributed by atoms with E-state index >= 15 is 0 Å². The molecule has 7 nitrogen and oxygen atoms in total. The van der Waals surface area contributed by atoms with Crippen molar-refractivity contribution in [3.8, 4) is 16.3 Å². The average Bonchev–Trinajstić information content (AvgIpc) is 3.21. The quantitative estimate of drug-likeness (QED) is 0.677. The number of aryl methyl sites for hydroxylation is 1. The number of hydrogen-bond donors (Lipinski definition) is 1. The van der Waals surface area contributed by atoms with E-state index in [1.54, 1.807) is 10.7 Å². The van der Waals surface area contributed by atoms with Crippen LogP contribution in [-0.4, -0.2) is 33.8 Å². The number of nitrogens with one attached hydrogen (secondary N) is 1. The Bertz CT molecular complexity index is 1070. The zero-order chi connectivity index (χ0) is 19.1. The number of halogens is 1. The summed E-state index contributed by atoms with van der Waals surface area (Å²) in [5.41, 5.74) is 3.35. The lowest BCUT2D eigenvalue weighted by molar-refractivity contribution is -0.114. The fourth-order valence-electron chi connectivity index (χ4n) is 3.13. The summed E-state index contributed by atoms with van der Waals surface area (Å²) in [5.74, 6) is -0.678. The number of benzene rings is 1. The molecule has 3 aromatic rings. The summed E-state index contributed by atoms with van der Waals surface area (Å²) in [6, 6.07) is 7.28. The van der Waals surface area contributed by atoms with Gasteiger partial charge in [0, 0.05) is 12.5 Å². The highest BCUT2D eigenvalue weighted by Gasteiger charge is 2.32. The molecule has 0 bridgehead atoms. The van der Waals surface area contributed by atoms with Crippen molar-refractivity contribution < 1.29 is 14.3 Å². The van der Waals surface area contributed by atoms with E-state index in [4.69, 9.17) is 16.3 Å². The first kappa shape index (κ1) is 17.7. The molecule has 4 rings (SSSR count). The van der Waals surface area contributed by atoms with Crippen molar-refractivity contribution in [2.45, 2.75) is 19.8 Å². The van der Waals surface area contributed by atoms with E-state index in [1.807, 2.05) is 18.2 Å². The third-order valence-electron chi connectivity index (χ3n) is 4.25. The van der Waals surface area contributed by atoms with Crippen LogP contribution in [0.3, 0.4) is 0 Å². The Balaban J connectivity index is 1.96. The topological polar surface area (TPSA) is 86.1 Å². The molecule has 138 valence electrons. The molecule has 0 unspecified atom stereocenters. The van der Waals surface area contributed by atoms with Crippen molar-refractivity contribution in [3.05, 3.63) is 46.2 Å². The Labute approximate surface area is 163 Å². The van der Waals surface area contributed by atoms with E-state index in [0.717, 1.165) is 21.8 Å². The van der Waals surface area contributed by atoms with Gasteiger partial charge in [-0.2, -0.15) is 5.10 Å². The van der Waals surface area contributed by atoms with Crippen molar-refractivity contribution in [2.75, 3.05) is 12.4 Å². The van der Waals surface area contributed by atoms with Crippen molar-refractivity contribution in [2.24, 2.45) is 0 Å². The van der Waals surface area contributed by atoms with Gasteiger partial charge < -0.3 is 10.1 Å². The van der Waals surface area contributed by atoms with Crippen LogP contribution in [0.1, 0.15) is 28.7 Å². The van der Waals surface area contributed by atoms with Gasteiger partial charge in [0.2, 0.25) is 5.91 Å². The van der Waals surface area contributed by atoms with Crippen LogP contribution in [0.5, 0.6) is 0 Å². The number of aromatic nitrogens is 3.